The number of nitrogens with zero attached hydrogens (tertiary/aromatic N) is 1. The fourth-order valence-electron chi connectivity index (χ4n) is 4.39. The second-order valence-electron chi connectivity index (χ2n) is 8.44. The van der Waals surface area contributed by atoms with Gasteiger partial charge in [-0.2, -0.15) is 0 Å². The van der Waals surface area contributed by atoms with Gasteiger partial charge in [0.05, 0.1) is 12.0 Å². The van der Waals surface area contributed by atoms with Gasteiger partial charge in [0.25, 0.3) is 5.91 Å². The van der Waals surface area contributed by atoms with E-state index < -0.39 is 18.0 Å². The third-order valence-corrected chi connectivity index (χ3v) is 6.27. The number of hydrogen-bond donors (Lipinski definition) is 1. The number of likely N-dealkylation sites (tertiary alicyclic amines) is 1. The summed E-state index contributed by atoms with van der Waals surface area (Å²) in [5.74, 6) is -1.51. The quantitative estimate of drug-likeness (QED) is 0.724. The minimum absolute atomic E-state index is 0.0754. The van der Waals surface area contributed by atoms with Crippen molar-refractivity contribution < 1.29 is 19.1 Å². The van der Waals surface area contributed by atoms with E-state index in [1.807, 2.05) is 55.5 Å². The number of hydrogen-bond acceptors (Lipinski definition) is 4. The van der Waals surface area contributed by atoms with Crippen molar-refractivity contribution in [2.45, 2.75) is 51.7 Å². The molecule has 1 aliphatic heterocycles. The van der Waals surface area contributed by atoms with Gasteiger partial charge in [-0.25, -0.2) is 0 Å². The Morgan fingerprint density at radius 1 is 1.06 bits per heavy atom. The molecule has 2 amide bonds. The summed E-state index contributed by atoms with van der Waals surface area (Å²) in [5.41, 5.74) is 4.33. The highest BCUT2D eigenvalue weighted by Crippen LogP contribution is 2.29. The van der Waals surface area contributed by atoms with Crippen molar-refractivity contribution in [2.75, 3.05) is 11.9 Å². The van der Waals surface area contributed by atoms with Crippen LogP contribution in [0.25, 0.3) is 0 Å². The minimum atomic E-state index is -0.934. The molecule has 2 aliphatic rings. The molecule has 2 aromatic carbocycles. The van der Waals surface area contributed by atoms with Crippen molar-refractivity contribution in [1.82, 2.24) is 4.90 Å². The number of amides is 2. The van der Waals surface area contributed by atoms with Crippen molar-refractivity contribution in [1.29, 1.82) is 0 Å². The highest BCUT2D eigenvalue weighted by atomic mass is 16.5. The van der Waals surface area contributed by atoms with E-state index in [4.69, 9.17) is 4.74 Å². The molecule has 3 atom stereocenters. The summed E-state index contributed by atoms with van der Waals surface area (Å²) < 4.78 is 5.41. The van der Waals surface area contributed by atoms with Gasteiger partial charge >= 0.3 is 5.97 Å². The van der Waals surface area contributed by atoms with Gasteiger partial charge in [-0.05, 0) is 61.9 Å². The third kappa shape index (κ3) is 4.63. The lowest BCUT2D eigenvalue weighted by atomic mass is 10.1. The smallest absolute Gasteiger partial charge is 0.312 e. The average molecular weight is 421 g/mol. The SMILES string of the molecule is C[C@H](OC(=O)[C@@H]1CC(=O)N([C@@H](C)c2ccccc2)C1)C(=O)Nc1ccc2c(c1)CCC2. The van der Waals surface area contributed by atoms with Crippen LogP contribution in [0.15, 0.2) is 48.5 Å². The van der Waals surface area contributed by atoms with Crippen LogP contribution in [0.5, 0.6) is 0 Å². The molecule has 31 heavy (non-hydrogen) atoms. The van der Waals surface area contributed by atoms with Gasteiger partial charge in [0.2, 0.25) is 5.91 Å². The Morgan fingerprint density at radius 2 is 1.81 bits per heavy atom. The van der Waals surface area contributed by atoms with Crippen LogP contribution in [-0.4, -0.2) is 35.3 Å². The number of benzene rings is 2. The summed E-state index contributed by atoms with van der Waals surface area (Å²) in [7, 11) is 0. The summed E-state index contributed by atoms with van der Waals surface area (Å²) >= 11 is 0. The zero-order valence-electron chi connectivity index (χ0n) is 18.0. The molecule has 6 nitrogen and oxygen atoms in total. The Morgan fingerprint density at radius 3 is 2.58 bits per heavy atom. The normalized spacial score (nSPS) is 19.6. The van der Waals surface area contributed by atoms with Crippen molar-refractivity contribution >= 4 is 23.5 Å². The number of aryl methyl sites for hydroxylation is 2. The molecule has 0 bridgehead atoms. The van der Waals surface area contributed by atoms with E-state index in [0.717, 1.165) is 24.8 Å². The maximum absolute atomic E-state index is 12.6. The van der Waals surface area contributed by atoms with Crippen LogP contribution >= 0.6 is 0 Å². The van der Waals surface area contributed by atoms with Crippen LogP contribution in [0.1, 0.15) is 49.4 Å². The van der Waals surface area contributed by atoms with E-state index in [9.17, 15) is 14.4 Å². The van der Waals surface area contributed by atoms with Gasteiger partial charge in [0.15, 0.2) is 6.10 Å². The largest absolute Gasteiger partial charge is 0.452 e. The molecule has 2 aromatic rings. The summed E-state index contributed by atoms with van der Waals surface area (Å²) in [6.07, 6.45) is 2.42. The zero-order valence-corrected chi connectivity index (χ0v) is 18.0. The van der Waals surface area contributed by atoms with Crippen LogP contribution in [0, 0.1) is 5.92 Å². The standard InChI is InChI=1S/C25H28N2O4/c1-16(18-7-4-3-5-8-18)27-15-21(14-23(27)28)25(30)31-17(2)24(29)26-22-12-11-19-9-6-10-20(19)13-22/h3-5,7-8,11-13,16-17,21H,6,9-10,14-15H2,1-2H3,(H,26,29)/t16-,17-,21+/m0/s1. The molecule has 0 saturated carbocycles. The summed E-state index contributed by atoms with van der Waals surface area (Å²) in [6, 6.07) is 15.5. The number of carbonyl (C=O) groups excluding carboxylic acids is 3. The van der Waals surface area contributed by atoms with Crippen molar-refractivity contribution in [3.8, 4) is 0 Å². The van der Waals surface area contributed by atoms with Gasteiger partial charge in [-0.3, -0.25) is 14.4 Å². The maximum atomic E-state index is 12.6. The molecule has 1 N–H and O–H groups in total. The molecule has 1 fully saturated rings. The lowest BCUT2D eigenvalue weighted by Crippen LogP contribution is -2.33. The van der Waals surface area contributed by atoms with E-state index in [0.29, 0.717) is 12.2 Å². The van der Waals surface area contributed by atoms with E-state index in [2.05, 4.69) is 5.32 Å². The molecule has 162 valence electrons. The molecule has 4 rings (SSSR count). The first kappa shape index (κ1) is 21.1. The molecule has 0 radical (unpaired) electrons. The maximum Gasteiger partial charge on any atom is 0.312 e. The number of fused-ring (bicyclic) bond motifs is 1. The van der Waals surface area contributed by atoms with Crippen LogP contribution < -0.4 is 5.32 Å². The number of anilines is 1. The monoisotopic (exact) mass is 420 g/mol. The second kappa shape index (κ2) is 8.92. The zero-order chi connectivity index (χ0) is 22.0. The van der Waals surface area contributed by atoms with Crippen LogP contribution in [-0.2, 0) is 32.0 Å². The fourth-order valence-corrected chi connectivity index (χ4v) is 4.39. The first-order chi connectivity index (χ1) is 14.9. The van der Waals surface area contributed by atoms with Crippen molar-refractivity contribution in [2.24, 2.45) is 5.92 Å². The summed E-state index contributed by atoms with van der Waals surface area (Å²) in [5, 5.41) is 2.83. The predicted molar refractivity (Wildman–Crippen MR) is 117 cm³/mol. The Labute approximate surface area is 182 Å². The number of nitrogens with one attached hydrogen (secondary N) is 1. The molecule has 1 saturated heterocycles. The molecule has 0 spiro atoms. The van der Waals surface area contributed by atoms with E-state index in [1.54, 1.807) is 11.8 Å². The number of esters is 1. The first-order valence-electron chi connectivity index (χ1n) is 10.9. The highest BCUT2D eigenvalue weighted by molar-refractivity contribution is 5.96. The highest BCUT2D eigenvalue weighted by Gasteiger charge is 2.38. The van der Waals surface area contributed by atoms with E-state index in [1.165, 1.54) is 11.1 Å². The van der Waals surface area contributed by atoms with Gasteiger partial charge in [0.1, 0.15) is 0 Å². The van der Waals surface area contributed by atoms with Crippen LogP contribution in [0.4, 0.5) is 5.69 Å². The Kier molecular flexibility index (Phi) is 6.07. The van der Waals surface area contributed by atoms with Gasteiger partial charge in [-0.15, -0.1) is 0 Å². The van der Waals surface area contributed by atoms with E-state index >= 15 is 0 Å². The first-order valence-corrected chi connectivity index (χ1v) is 10.9. The fraction of sp³-hybridized carbons (Fsp3) is 0.400. The molecular weight excluding hydrogens is 392 g/mol. The van der Waals surface area contributed by atoms with Crippen molar-refractivity contribution in [3.63, 3.8) is 0 Å². The average Bonchev–Trinajstić information content (AvgIpc) is 3.39. The lowest BCUT2D eigenvalue weighted by Gasteiger charge is -2.25. The van der Waals surface area contributed by atoms with Crippen LogP contribution in [0.2, 0.25) is 0 Å². The molecule has 0 unspecified atom stereocenters. The van der Waals surface area contributed by atoms with Crippen LogP contribution in [0.3, 0.4) is 0 Å². The summed E-state index contributed by atoms with van der Waals surface area (Å²) in [6.45, 7) is 3.81. The van der Waals surface area contributed by atoms with E-state index in [-0.39, 0.29) is 24.3 Å². The van der Waals surface area contributed by atoms with Crippen molar-refractivity contribution in [3.05, 3.63) is 65.2 Å². The Bertz CT molecular complexity index is 988. The number of carbonyl (C=O) groups is 3. The second-order valence-corrected chi connectivity index (χ2v) is 8.44. The van der Waals surface area contributed by atoms with Gasteiger partial charge in [-0.1, -0.05) is 36.4 Å². The van der Waals surface area contributed by atoms with Gasteiger partial charge < -0.3 is 15.0 Å². The van der Waals surface area contributed by atoms with Gasteiger partial charge in [0, 0.05) is 18.7 Å². The molecule has 0 aromatic heterocycles. The topological polar surface area (TPSA) is 75.7 Å². The minimum Gasteiger partial charge on any atom is -0.452 e. The molecular formula is C25H28N2O4. The summed E-state index contributed by atoms with van der Waals surface area (Å²) in [4.78, 5) is 39.4. The molecule has 6 heteroatoms. The molecule has 1 aliphatic carbocycles. The predicted octanol–water partition coefficient (Wildman–Crippen LogP) is 3.66. The molecule has 1 heterocycles. The number of ether oxygens (including phenoxy) is 1. The Hall–Kier alpha value is -3.15. The lowest BCUT2D eigenvalue weighted by molar-refractivity contribution is -0.157. The Balaban J connectivity index is 1.32. The third-order valence-electron chi connectivity index (χ3n) is 6.27. The number of rotatable bonds is 6.